The second-order valence-corrected chi connectivity index (χ2v) is 24.6. The summed E-state index contributed by atoms with van der Waals surface area (Å²) in [5.41, 5.74) is 5.73. The van der Waals surface area contributed by atoms with E-state index in [0.29, 0.717) is 60.8 Å². The average Bonchev–Trinajstić information content (AvgIpc) is 3.60. The molecule has 5 rings (SSSR count). The van der Waals surface area contributed by atoms with E-state index in [1.807, 2.05) is 48.5 Å². The Morgan fingerprint density at radius 1 is 0.256 bits per heavy atom. The van der Waals surface area contributed by atoms with Crippen LogP contribution in [0.3, 0.4) is 0 Å². The monoisotopic (exact) mass is 1220 g/mol. The van der Waals surface area contributed by atoms with Gasteiger partial charge in [0.25, 0.3) is 0 Å². The van der Waals surface area contributed by atoms with Crippen LogP contribution in [-0.4, -0.2) is 46.4 Å². The molecule has 5 aromatic rings. The average molecular weight is 1220 g/mol. The number of benzene rings is 2. The largest absolute Gasteiger partial charge is 0.490 e. The Labute approximate surface area is 547 Å². The smallest absolute Gasteiger partial charge is 0.162 e. The molecule has 2 aromatic carbocycles. The zero-order valence-corrected chi connectivity index (χ0v) is 56.6. The van der Waals surface area contributed by atoms with E-state index in [0.717, 1.165) is 84.7 Å². The highest BCUT2D eigenvalue weighted by Crippen LogP contribution is 2.34. The molecule has 90 heavy (non-hydrogen) atoms. The van der Waals surface area contributed by atoms with Gasteiger partial charge < -0.3 is 18.9 Å². The van der Waals surface area contributed by atoms with E-state index < -0.39 is 0 Å². The standard InChI is InChI=1S/C82H114N4O4/c1-5-9-13-17-21-25-29-33-37-41-61-87-79-65-73(47-45-71-53-57-83-58-54-71)75(67-81(79)89-63-43-39-35-31-27-23-19-15-11-7-3)49-51-77-69-86-78(70-85-77)52-50-76-68-82(90-64-44-40-36-32-28-24-20-16-12-8-4)80(66-74(76)48-46-72-55-59-84-60-56-72)88-62-42-38-34-30-26-22-18-14-10-6-2/h53-60,65-70H,5-44,61-64H2,1-4H3. The fourth-order valence-electron chi connectivity index (χ4n) is 10.9. The van der Waals surface area contributed by atoms with Crippen LogP contribution in [-0.2, 0) is 0 Å². The lowest BCUT2D eigenvalue weighted by molar-refractivity contribution is 0.258. The maximum absolute atomic E-state index is 6.59. The van der Waals surface area contributed by atoms with Crippen molar-refractivity contribution in [1.29, 1.82) is 0 Å². The molecule has 0 N–H and O–H groups in total. The molecule has 0 atom stereocenters. The topological polar surface area (TPSA) is 88.5 Å². The van der Waals surface area contributed by atoms with Crippen molar-refractivity contribution in [3.8, 4) is 70.4 Å². The van der Waals surface area contributed by atoms with Gasteiger partial charge in [0, 0.05) is 82.4 Å². The predicted molar refractivity (Wildman–Crippen MR) is 377 cm³/mol. The normalized spacial score (nSPS) is 10.7. The fourth-order valence-corrected chi connectivity index (χ4v) is 10.9. The highest BCUT2D eigenvalue weighted by Gasteiger charge is 2.14. The number of rotatable bonds is 48. The number of aromatic nitrogens is 4. The maximum Gasteiger partial charge on any atom is 0.162 e. The summed E-state index contributed by atoms with van der Waals surface area (Å²) >= 11 is 0. The zero-order valence-electron chi connectivity index (χ0n) is 56.6. The van der Waals surface area contributed by atoms with E-state index in [1.165, 1.54) is 205 Å². The summed E-state index contributed by atoms with van der Waals surface area (Å²) < 4.78 is 26.3. The van der Waals surface area contributed by atoms with E-state index >= 15 is 0 Å². The SMILES string of the molecule is CCCCCCCCCCCCOc1cc(C#Cc2ccncc2)c(C#Cc2cnc(C#Cc3cc(OCCCCCCCCCCCC)c(OCCCCCCCCCCCC)cc3C#Cc3ccncc3)cn2)cc1OCCCCCCCCCCCC. The van der Waals surface area contributed by atoms with Crippen LogP contribution in [0.15, 0.2) is 85.7 Å². The van der Waals surface area contributed by atoms with Gasteiger partial charge in [-0.15, -0.1) is 0 Å². The number of hydrogen-bond acceptors (Lipinski definition) is 8. The van der Waals surface area contributed by atoms with E-state index in [1.54, 1.807) is 37.2 Å². The first-order chi connectivity index (χ1) is 44.6. The van der Waals surface area contributed by atoms with Gasteiger partial charge in [0.2, 0.25) is 0 Å². The first kappa shape index (κ1) is 74.0. The van der Waals surface area contributed by atoms with E-state index in [9.17, 15) is 0 Å². The summed E-state index contributed by atoms with van der Waals surface area (Å²) in [7, 11) is 0. The fraction of sp³-hybridized carbons (Fsp3) is 0.585. The summed E-state index contributed by atoms with van der Waals surface area (Å²) in [6.45, 7) is 11.6. The molecule has 0 unspecified atom stereocenters. The Balaban J connectivity index is 1.36. The maximum atomic E-state index is 6.59. The third-order valence-electron chi connectivity index (χ3n) is 16.5. The molecule has 0 radical (unpaired) electrons. The van der Waals surface area contributed by atoms with Crippen molar-refractivity contribution in [1.82, 2.24) is 19.9 Å². The lowest BCUT2D eigenvalue weighted by atomic mass is 10.1. The predicted octanol–water partition coefficient (Wildman–Crippen LogP) is 22.1. The number of hydrogen-bond donors (Lipinski definition) is 0. The molecule has 3 heterocycles. The van der Waals surface area contributed by atoms with E-state index in [2.05, 4.69) is 85.0 Å². The summed E-state index contributed by atoms with van der Waals surface area (Å²) in [6.07, 6.45) is 61.1. The van der Waals surface area contributed by atoms with Gasteiger partial charge >= 0.3 is 0 Å². The summed E-state index contributed by atoms with van der Waals surface area (Å²) in [6, 6.07) is 15.7. The molecule has 8 heteroatoms. The lowest BCUT2D eigenvalue weighted by Crippen LogP contribution is -2.04. The summed E-state index contributed by atoms with van der Waals surface area (Å²) in [5, 5.41) is 0. The Kier molecular flexibility index (Phi) is 41.9. The molecule has 0 aliphatic carbocycles. The molecule has 0 aliphatic heterocycles. The second kappa shape index (κ2) is 50.9. The Morgan fingerprint density at radius 3 is 0.689 bits per heavy atom. The zero-order chi connectivity index (χ0) is 63.3. The molecule has 0 saturated carbocycles. The van der Waals surface area contributed by atoms with Crippen LogP contribution in [0.25, 0.3) is 0 Å². The van der Waals surface area contributed by atoms with Crippen molar-refractivity contribution in [2.45, 2.75) is 285 Å². The van der Waals surface area contributed by atoms with Gasteiger partial charge in [0.15, 0.2) is 23.0 Å². The Bertz CT molecular complexity index is 2700. The number of nitrogens with zero attached hydrogens (tertiary/aromatic N) is 4. The van der Waals surface area contributed by atoms with Gasteiger partial charge in [0.05, 0.1) is 38.8 Å². The van der Waals surface area contributed by atoms with Gasteiger partial charge in [-0.3, -0.25) is 9.97 Å². The number of unbranched alkanes of at least 4 members (excludes halogenated alkanes) is 36. The van der Waals surface area contributed by atoms with Crippen molar-refractivity contribution < 1.29 is 18.9 Å². The van der Waals surface area contributed by atoms with Crippen LogP contribution in [0.1, 0.15) is 329 Å². The molecule has 0 spiro atoms. The van der Waals surface area contributed by atoms with Crippen LogP contribution in [0.4, 0.5) is 0 Å². The number of ether oxygens (including phenoxy) is 4. The molecular weight excluding hydrogens is 1100 g/mol. The van der Waals surface area contributed by atoms with Gasteiger partial charge in [0.1, 0.15) is 11.4 Å². The molecule has 0 bridgehead atoms. The molecule has 0 saturated heterocycles. The third-order valence-corrected chi connectivity index (χ3v) is 16.5. The van der Waals surface area contributed by atoms with Crippen molar-refractivity contribution in [3.63, 3.8) is 0 Å². The Morgan fingerprint density at radius 2 is 0.467 bits per heavy atom. The first-order valence-corrected chi connectivity index (χ1v) is 36.2. The quantitative estimate of drug-likeness (QED) is 0.0281. The van der Waals surface area contributed by atoms with Crippen molar-refractivity contribution in [2.75, 3.05) is 26.4 Å². The van der Waals surface area contributed by atoms with Crippen molar-refractivity contribution >= 4 is 0 Å². The molecule has 0 aliphatic rings. The van der Waals surface area contributed by atoms with Crippen molar-refractivity contribution in [3.05, 3.63) is 130 Å². The summed E-state index contributed by atoms with van der Waals surface area (Å²) in [4.78, 5) is 17.9. The van der Waals surface area contributed by atoms with E-state index in [4.69, 9.17) is 28.9 Å². The molecule has 8 nitrogen and oxygen atoms in total. The van der Waals surface area contributed by atoms with Crippen LogP contribution in [0.2, 0.25) is 0 Å². The van der Waals surface area contributed by atoms with Gasteiger partial charge in [-0.25, -0.2) is 9.97 Å². The highest BCUT2D eigenvalue weighted by atomic mass is 16.5. The molecular formula is C82H114N4O4. The molecule has 0 amide bonds. The molecule has 486 valence electrons. The molecule has 0 fully saturated rings. The van der Waals surface area contributed by atoms with Crippen LogP contribution in [0.5, 0.6) is 23.0 Å². The van der Waals surface area contributed by atoms with Crippen LogP contribution < -0.4 is 18.9 Å². The number of pyridine rings is 2. The molecule has 3 aromatic heterocycles. The van der Waals surface area contributed by atoms with Gasteiger partial charge in [-0.2, -0.15) is 0 Å². The van der Waals surface area contributed by atoms with Gasteiger partial charge in [-0.05, 0) is 61.8 Å². The van der Waals surface area contributed by atoms with Gasteiger partial charge in [-0.1, -0.05) is 294 Å². The minimum atomic E-state index is 0.512. The minimum absolute atomic E-state index is 0.512. The lowest BCUT2D eigenvalue weighted by Gasteiger charge is -2.15. The van der Waals surface area contributed by atoms with Crippen LogP contribution in [0, 0.1) is 47.4 Å². The third kappa shape index (κ3) is 34.5. The second-order valence-electron chi connectivity index (χ2n) is 24.6. The van der Waals surface area contributed by atoms with Crippen LogP contribution >= 0.6 is 0 Å². The van der Waals surface area contributed by atoms with Crippen molar-refractivity contribution in [2.24, 2.45) is 0 Å². The van der Waals surface area contributed by atoms with E-state index in [-0.39, 0.29) is 0 Å². The minimum Gasteiger partial charge on any atom is -0.490 e. The summed E-state index contributed by atoms with van der Waals surface area (Å²) in [5.74, 6) is 29.7. The first-order valence-electron chi connectivity index (χ1n) is 36.2. The Hall–Kier alpha value is -6.74. The highest BCUT2D eigenvalue weighted by molar-refractivity contribution is 5.62.